The third kappa shape index (κ3) is 24.7. The van der Waals surface area contributed by atoms with Crippen LogP contribution in [0.1, 0.15) is 5.56 Å². The van der Waals surface area contributed by atoms with Crippen LogP contribution in [0.2, 0.25) is 0 Å². The second kappa shape index (κ2) is 30.0. The molecule has 2 aromatic carbocycles. The molecule has 0 spiro atoms. The molecule has 0 unspecified atom stereocenters. The van der Waals surface area contributed by atoms with Gasteiger partial charge in [-0.05, 0) is 17.7 Å². The zero-order valence-electron chi connectivity index (χ0n) is 27.3. The number of benzene rings is 2. The van der Waals surface area contributed by atoms with Crippen LogP contribution in [0.5, 0.6) is 0 Å². The summed E-state index contributed by atoms with van der Waals surface area (Å²) in [5.41, 5.74) is 1.15. The van der Waals surface area contributed by atoms with Crippen LogP contribution < -0.4 is 0 Å². The Morgan fingerprint density at radius 1 is 0.340 bits per heavy atom. The van der Waals surface area contributed by atoms with E-state index in [4.69, 9.17) is 51.6 Å². The highest BCUT2D eigenvalue weighted by molar-refractivity contribution is 7.86. The smallest absolute Gasteiger partial charge is 0.297 e. The van der Waals surface area contributed by atoms with Crippen molar-refractivity contribution in [1.82, 2.24) is 0 Å². The summed E-state index contributed by atoms with van der Waals surface area (Å²) in [6, 6.07) is 18.0. The molecule has 14 heteroatoms. The van der Waals surface area contributed by atoms with Gasteiger partial charge in [-0.3, -0.25) is 4.18 Å². The van der Waals surface area contributed by atoms with Crippen LogP contribution in [0.15, 0.2) is 65.6 Å². The number of hydrogen-bond donors (Lipinski definition) is 0. The van der Waals surface area contributed by atoms with E-state index >= 15 is 0 Å². The molecule has 0 aliphatic heterocycles. The molecule has 0 bridgehead atoms. The Bertz CT molecular complexity index is 1050. The highest BCUT2D eigenvalue weighted by Crippen LogP contribution is 2.10. The van der Waals surface area contributed by atoms with Gasteiger partial charge in [0.05, 0.1) is 144 Å². The largest absolute Gasteiger partial charge is 0.377 e. The van der Waals surface area contributed by atoms with Crippen molar-refractivity contribution in [1.29, 1.82) is 0 Å². The van der Waals surface area contributed by atoms with E-state index in [0.717, 1.165) is 5.56 Å². The molecule has 13 nitrogen and oxygen atoms in total. The lowest BCUT2D eigenvalue weighted by molar-refractivity contribution is -0.0269. The van der Waals surface area contributed by atoms with E-state index in [2.05, 4.69) is 0 Å². The average Bonchev–Trinajstić information content (AvgIpc) is 3.09. The van der Waals surface area contributed by atoms with Crippen molar-refractivity contribution in [3.8, 4) is 0 Å². The summed E-state index contributed by atoms with van der Waals surface area (Å²) < 4.78 is 83.4. The van der Waals surface area contributed by atoms with Crippen molar-refractivity contribution in [2.45, 2.75) is 11.5 Å². The molecule has 0 radical (unpaired) electrons. The van der Waals surface area contributed by atoms with Crippen LogP contribution >= 0.6 is 0 Å². The number of ether oxygens (including phenoxy) is 10. The molecule has 0 fully saturated rings. The molecule has 0 aromatic heterocycles. The van der Waals surface area contributed by atoms with Gasteiger partial charge in [0.2, 0.25) is 0 Å². The molecule has 268 valence electrons. The van der Waals surface area contributed by atoms with Crippen LogP contribution in [0.25, 0.3) is 0 Å². The monoisotopic (exact) mass is 688 g/mol. The Labute approximate surface area is 279 Å². The zero-order valence-corrected chi connectivity index (χ0v) is 28.2. The van der Waals surface area contributed by atoms with Crippen molar-refractivity contribution in [3.05, 3.63) is 66.2 Å². The highest BCUT2D eigenvalue weighted by Gasteiger charge is 2.13. The summed E-state index contributed by atoms with van der Waals surface area (Å²) >= 11 is 0. The first-order valence-electron chi connectivity index (χ1n) is 15.9. The lowest BCUT2D eigenvalue weighted by Gasteiger charge is -2.09. The standard InChI is InChI=1S/C33H52O13S/c34-47(35,33-9-5-2-6-10-33)46-30-29-44-26-25-42-22-21-40-18-17-38-14-13-36-11-12-37-15-16-39-19-20-41-23-24-43-27-28-45-31-32-7-3-1-4-8-32/h1-10H,11-31H2. The van der Waals surface area contributed by atoms with Crippen molar-refractivity contribution in [3.63, 3.8) is 0 Å². The van der Waals surface area contributed by atoms with Crippen LogP contribution in [0, 0.1) is 0 Å². The Kier molecular flexibility index (Phi) is 26.3. The van der Waals surface area contributed by atoms with Crippen molar-refractivity contribution < 1.29 is 60.0 Å². The van der Waals surface area contributed by atoms with Crippen molar-refractivity contribution in [2.24, 2.45) is 0 Å². The highest BCUT2D eigenvalue weighted by atomic mass is 32.2. The first-order chi connectivity index (χ1) is 23.2. The third-order valence-electron chi connectivity index (χ3n) is 5.96. The Morgan fingerprint density at radius 3 is 0.957 bits per heavy atom. The van der Waals surface area contributed by atoms with E-state index < -0.39 is 10.1 Å². The molecule has 0 atom stereocenters. The summed E-state index contributed by atoms with van der Waals surface area (Å²) in [5, 5.41) is 0. The van der Waals surface area contributed by atoms with Gasteiger partial charge in [0.1, 0.15) is 0 Å². The van der Waals surface area contributed by atoms with E-state index in [1.807, 2.05) is 30.3 Å². The summed E-state index contributed by atoms with van der Waals surface area (Å²) in [6.07, 6.45) is 0. The van der Waals surface area contributed by atoms with E-state index in [9.17, 15) is 8.42 Å². The van der Waals surface area contributed by atoms with Gasteiger partial charge < -0.3 is 47.4 Å². The lowest BCUT2D eigenvalue weighted by Crippen LogP contribution is -2.15. The fourth-order valence-corrected chi connectivity index (χ4v) is 4.52. The minimum absolute atomic E-state index is 0.0578. The fourth-order valence-electron chi connectivity index (χ4n) is 3.60. The molecule has 0 aliphatic carbocycles. The molecule has 47 heavy (non-hydrogen) atoms. The van der Waals surface area contributed by atoms with Gasteiger partial charge in [-0.2, -0.15) is 8.42 Å². The van der Waals surface area contributed by atoms with Gasteiger partial charge in [-0.15, -0.1) is 0 Å². The Hall–Kier alpha value is -2.05. The number of rotatable bonds is 34. The van der Waals surface area contributed by atoms with Crippen LogP contribution in [0.3, 0.4) is 0 Å². The van der Waals surface area contributed by atoms with Gasteiger partial charge in [0.15, 0.2) is 0 Å². The molecule has 2 aromatic rings. The van der Waals surface area contributed by atoms with E-state index in [-0.39, 0.29) is 18.1 Å². The first-order valence-corrected chi connectivity index (χ1v) is 17.3. The molecule has 0 amide bonds. The van der Waals surface area contributed by atoms with Crippen LogP contribution in [-0.2, 0) is 68.3 Å². The lowest BCUT2D eigenvalue weighted by atomic mass is 10.2. The van der Waals surface area contributed by atoms with Gasteiger partial charge in [0, 0.05) is 0 Å². The van der Waals surface area contributed by atoms with E-state index in [1.165, 1.54) is 12.1 Å². The third-order valence-corrected chi connectivity index (χ3v) is 7.28. The van der Waals surface area contributed by atoms with E-state index in [1.54, 1.807) is 18.2 Å². The van der Waals surface area contributed by atoms with Gasteiger partial charge in [0.25, 0.3) is 10.1 Å². The minimum atomic E-state index is -3.76. The normalized spacial score (nSPS) is 11.7. The predicted molar refractivity (Wildman–Crippen MR) is 173 cm³/mol. The molecule has 2 rings (SSSR count). The van der Waals surface area contributed by atoms with Crippen molar-refractivity contribution >= 4 is 10.1 Å². The number of hydrogen-bond acceptors (Lipinski definition) is 13. The van der Waals surface area contributed by atoms with Crippen LogP contribution in [0.4, 0.5) is 0 Å². The molecule has 0 aliphatic rings. The topological polar surface area (TPSA) is 136 Å². The molecular formula is C33H52O13S. The maximum absolute atomic E-state index is 12.0. The van der Waals surface area contributed by atoms with Gasteiger partial charge in [-0.1, -0.05) is 48.5 Å². The van der Waals surface area contributed by atoms with Gasteiger partial charge in [-0.25, -0.2) is 0 Å². The first kappa shape index (κ1) is 41.1. The van der Waals surface area contributed by atoms with Crippen LogP contribution in [-0.4, -0.2) is 141 Å². The Balaban J connectivity index is 1.17. The van der Waals surface area contributed by atoms with E-state index in [0.29, 0.717) is 126 Å². The van der Waals surface area contributed by atoms with Crippen molar-refractivity contribution in [2.75, 3.05) is 132 Å². The maximum atomic E-state index is 12.0. The summed E-state index contributed by atoms with van der Waals surface area (Å²) in [6.45, 7) is 9.27. The average molecular weight is 689 g/mol. The SMILES string of the molecule is O=S(=O)(OCCOCCOCCOCCOCCOCCOCCOCCOCCOCCOCc1ccccc1)c1ccccc1. The van der Waals surface area contributed by atoms with Gasteiger partial charge >= 0.3 is 0 Å². The summed E-state index contributed by atoms with van der Waals surface area (Å²) in [5.74, 6) is 0. The quantitative estimate of drug-likeness (QED) is 0.0789. The molecule has 0 saturated heterocycles. The second-order valence-electron chi connectivity index (χ2n) is 9.64. The maximum Gasteiger partial charge on any atom is 0.297 e. The Morgan fingerprint density at radius 2 is 0.617 bits per heavy atom. The molecule has 0 heterocycles. The molecule has 0 saturated carbocycles. The summed E-state index contributed by atoms with van der Waals surface area (Å²) in [7, 11) is -3.76. The minimum Gasteiger partial charge on any atom is -0.377 e. The zero-order chi connectivity index (χ0) is 33.4. The predicted octanol–water partition coefficient (Wildman–Crippen LogP) is 2.76. The fraction of sp³-hybridized carbons (Fsp3) is 0.636. The molecule has 0 N–H and O–H groups in total. The second-order valence-corrected chi connectivity index (χ2v) is 11.3. The summed E-state index contributed by atoms with van der Waals surface area (Å²) in [4.78, 5) is 0.121. The molecular weight excluding hydrogens is 636 g/mol.